The van der Waals surface area contributed by atoms with Gasteiger partial charge >= 0.3 is 0 Å². The number of hydrogen-bond acceptors (Lipinski definition) is 4. The van der Waals surface area contributed by atoms with Crippen LogP contribution in [-0.4, -0.2) is 35.2 Å². The Labute approximate surface area is 146 Å². The number of nitrogens with zero attached hydrogens (tertiary/aromatic N) is 2. The molecule has 1 fully saturated rings. The highest BCUT2D eigenvalue weighted by Gasteiger charge is 2.29. The van der Waals surface area contributed by atoms with Crippen LogP contribution in [0.15, 0.2) is 34.9 Å². The van der Waals surface area contributed by atoms with Gasteiger partial charge in [-0.25, -0.2) is 0 Å². The first-order valence-electron chi connectivity index (χ1n) is 8.13. The van der Waals surface area contributed by atoms with E-state index in [4.69, 9.17) is 20.9 Å². The van der Waals surface area contributed by atoms with Crippen LogP contribution in [0.5, 0.6) is 0 Å². The molecule has 1 aliphatic rings. The molecule has 0 radical (unpaired) electrons. The Morgan fingerprint density at radius 3 is 2.75 bits per heavy atom. The van der Waals surface area contributed by atoms with Crippen molar-refractivity contribution in [3.63, 3.8) is 0 Å². The van der Waals surface area contributed by atoms with Crippen molar-refractivity contribution >= 4 is 17.5 Å². The Balaban J connectivity index is 1.64. The number of aromatic nitrogens is 1. The smallest absolute Gasteiger partial charge is 0.229 e. The van der Waals surface area contributed by atoms with E-state index < -0.39 is 0 Å². The standard InChI is InChI=1S/C18H21ClN2O3/c1-12-10-21(11-16(23-12)14-6-4-3-5-7-14)17(22)9-8-15-13(2)20-24-18(15)19/h3-7,12,16H,8-11H2,1-2H3. The fraction of sp³-hybridized carbons (Fsp3) is 0.444. The average molecular weight is 349 g/mol. The van der Waals surface area contributed by atoms with E-state index in [0.717, 1.165) is 16.8 Å². The molecule has 0 bridgehead atoms. The molecule has 0 aliphatic carbocycles. The van der Waals surface area contributed by atoms with Gasteiger partial charge in [-0.05, 0) is 37.4 Å². The zero-order valence-electron chi connectivity index (χ0n) is 13.9. The van der Waals surface area contributed by atoms with E-state index in [0.29, 0.717) is 25.9 Å². The summed E-state index contributed by atoms with van der Waals surface area (Å²) in [6.07, 6.45) is 0.846. The first kappa shape index (κ1) is 17.0. The van der Waals surface area contributed by atoms with Crippen molar-refractivity contribution in [1.82, 2.24) is 10.1 Å². The fourth-order valence-corrected chi connectivity index (χ4v) is 3.30. The quantitative estimate of drug-likeness (QED) is 0.847. The highest BCUT2D eigenvalue weighted by atomic mass is 35.5. The van der Waals surface area contributed by atoms with E-state index in [1.165, 1.54) is 0 Å². The second-order valence-electron chi connectivity index (χ2n) is 6.16. The molecular weight excluding hydrogens is 328 g/mol. The lowest BCUT2D eigenvalue weighted by Gasteiger charge is -2.37. The largest absolute Gasteiger partial charge is 0.367 e. The zero-order chi connectivity index (χ0) is 17.1. The zero-order valence-corrected chi connectivity index (χ0v) is 14.6. The van der Waals surface area contributed by atoms with Crippen molar-refractivity contribution < 1.29 is 14.1 Å². The molecule has 6 heteroatoms. The molecule has 0 saturated carbocycles. The highest BCUT2D eigenvalue weighted by Crippen LogP contribution is 2.26. The molecule has 1 aliphatic heterocycles. The van der Waals surface area contributed by atoms with Crippen LogP contribution in [0.25, 0.3) is 0 Å². The van der Waals surface area contributed by atoms with Gasteiger partial charge in [-0.1, -0.05) is 35.5 Å². The van der Waals surface area contributed by atoms with E-state index in [9.17, 15) is 4.79 Å². The maximum absolute atomic E-state index is 12.6. The van der Waals surface area contributed by atoms with Crippen molar-refractivity contribution in [3.8, 4) is 0 Å². The molecule has 1 aromatic carbocycles. The van der Waals surface area contributed by atoms with Crippen LogP contribution in [0, 0.1) is 6.92 Å². The van der Waals surface area contributed by atoms with Crippen LogP contribution in [-0.2, 0) is 16.0 Å². The van der Waals surface area contributed by atoms with Crippen LogP contribution in [0.4, 0.5) is 0 Å². The molecule has 0 spiro atoms. The van der Waals surface area contributed by atoms with Gasteiger partial charge < -0.3 is 14.2 Å². The SMILES string of the molecule is Cc1noc(Cl)c1CCC(=O)N1CC(C)OC(c2ccccc2)C1. The van der Waals surface area contributed by atoms with E-state index in [1.807, 2.05) is 49.1 Å². The molecule has 2 aromatic rings. The van der Waals surface area contributed by atoms with Crippen LogP contribution in [0.3, 0.4) is 0 Å². The van der Waals surface area contributed by atoms with Crippen molar-refractivity contribution in [2.75, 3.05) is 13.1 Å². The number of morpholine rings is 1. The fourth-order valence-electron chi connectivity index (χ4n) is 3.04. The molecule has 3 rings (SSSR count). The topological polar surface area (TPSA) is 55.6 Å². The minimum Gasteiger partial charge on any atom is -0.367 e. The third-order valence-electron chi connectivity index (χ3n) is 4.31. The van der Waals surface area contributed by atoms with E-state index in [1.54, 1.807) is 0 Å². The Morgan fingerprint density at radius 1 is 1.33 bits per heavy atom. The number of aryl methyl sites for hydroxylation is 1. The van der Waals surface area contributed by atoms with Crippen molar-refractivity contribution in [1.29, 1.82) is 0 Å². The molecule has 5 nitrogen and oxygen atoms in total. The van der Waals surface area contributed by atoms with Gasteiger partial charge in [0.25, 0.3) is 0 Å². The van der Waals surface area contributed by atoms with E-state index in [2.05, 4.69) is 5.16 Å². The number of carbonyl (C=O) groups is 1. The Morgan fingerprint density at radius 2 is 2.08 bits per heavy atom. The summed E-state index contributed by atoms with van der Waals surface area (Å²) in [6, 6.07) is 10.0. The van der Waals surface area contributed by atoms with Gasteiger partial charge in [0.2, 0.25) is 11.1 Å². The Bertz CT molecular complexity index is 682. The molecule has 128 valence electrons. The van der Waals surface area contributed by atoms with E-state index in [-0.39, 0.29) is 23.3 Å². The predicted molar refractivity (Wildman–Crippen MR) is 90.9 cm³/mol. The summed E-state index contributed by atoms with van der Waals surface area (Å²) in [5, 5.41) is 4.09. The molecule has 1 aromatic heterocycles. The molecule has 24 heavy (non-hydrogen) atoms. The summed E-state index contributed by atoms with van der Waals surface area (Å²) >= 11 is 5.97. The summed E-state index contributed by atoms with van der Waals surface area (Å²) in [5.74, 6) is 0.0998. The lowest BCUT2D eigenvalue weighted by molar-refractivity contribution is -0.144. The summed E-state index contributed by atoms with van der Waals surface area (Å²) in [4.78, 5) is 14.5. The number of amides is 1. The normalized spacial score (nSPS) is 21.0. The molecule has 1 amide bonds. The summed E-state index contributed by atoms with van der Waals surface area (Å²) < 4.78 is 10.9. The lowest BCUT2D eigenvalue weighted by atomic mass is 10.1. The number of rotatable bonds is 4. The maximum Gasteiger partial charge on any atom is 0.229 e. The summed E-state index contributed by atoms with van der Waals surface area (Å²) in [6.45, 7) is 5.01. The van der Waals surface area contributed by atoms with Crippen molar-refractivity contribution in [3.05, 3.63) is 52.4 Å². The van der Waals surface area contributed by atoms with Crippen molar-refractivity contribution in [2.45, 2.75) is 38.9 Å². The highest BCUT2D eigenvalue weighted by molar-refractivity contribution is 6.29. The lowest BCUT2D eigenvalue weighted by Crippen LogP contribution is -2.46. The average Bonchev–Trinajstić information content (AvgIpc) is 2.91. The van der Waals surface area contributed by atoms with Crippen LogP contribution >= 0.6 is 11.6 Å². The van der Waals surface area contributed by atoms with Gasteiger partial charge in [-0.2, -0.15) is 0 Å². The maximum atomic E-state index is 12.6. The van der Waals surface area contributed by atoms with E-state index >= 15 is 0 Å². The minimum atomic E-state index is -0.0835. The summed E-state index contributed by atoms with van der Waals surface area (Å²) in [7, 11) is 0. The Kier molecular flexibility index (Phi) is 5.21. The van der Waals surface area contributed by atoms with Gasteiger partial charge in [0.05, 0.1) is 18.3 Å². The van der Waals surface area contributed by atoms with Gasteiger partial charge in [0, 0.05) is 18.5 Å². The van der Waals surface area contributed by atoms with Gasteiger partial charge in [-0.3, -0.25) is 4.79 Å². The first-order valence-corrected chi connectivity index (χ1v) is 8.51. The van der Waals surface area contributed by atoms with Crippen LogP contribution < -0.4 is 0 Å². The number of hydrogen-bond donors (Lipinski definition) is 0. The second kappa shape index (κ2) is 7.36. The summed E-state index contributed by atoms with van der Waals surface area (Å²) in [5.41, 5.74) is 2.65. The molecule has 2 heterocycles. The molecular formula is C18H21ClN2O3. The first-order chi connectivity index (χ1) is 11.5. The van der Waals surface area contributed by atoms with Gasteiger partial charge in [-0.15, -0.1) is 0 Å². The number of benzene rings is 1. The number of halogens is 1. The van der Waals surface area contributed by atoms with Gasteiger partial charge in [0.15, 0.2) is 0 Å². The Hall–Kier alpha value is -1.85. The molecule has 2 atom stereocenters. The van der Waals surface area contributed by atoms with Crippen LogP contribution in [0.1, 0.15) is 36.3 Å². The second-order valence-corrected chi connectivity index (χ2v) is 6.51. The molecule has 1 saturated heterocycles. The third-order valence-corrected chi connectivity index (χ3v) is 4.61. The number of ether oxygens (including phenoxy) is 1. The van der Waals surface area contributed by atoms with Crippen molar-refractivity contribution in [2.24, 2.45) is 0 Å². The van der Waals surface area contributed by atoms with Gasteiger partial charge in [0.1, 0.15) is 6.10 Å². The van der Waals surface area contributed by atoms with Crippen LogP contribution in [0.2, 0.25) is 5.22 Å². The minimum absolute atomic E-state index is 0.00817. The number of carbonyl (C=O) groups excluding carboxylic acids is 1. The third kappa shape index (κ3) is 3.79. The predicted octanol–water partition coefficient (Wildman–Crippen LogP) is 3.56. The molecule has 0 N–H and O–H groups in total. The monoisotopic (exact) mass is 348 g/mol. The molecule has 2 unspecified atom stereocenters.